The van der Waals surface area contributed by atoms with E-state index < -0.39 is 5.91 Å². The van der Waals surface area contributed by atoms with Gasteiger partial charge in [-0.2, -0.15) is 5.90 Å². The fourth-order valence-corrected chi connectivity index (χ4v) is 3.46. The van der Waals surface area contributed by atoms with Gasteiger partial charge in [-0.3, -0.25) is 4.79 Å². The lowest BCUT2D eigenvalue weighted by Gasteiger charge is -2.17. The quantitative estimate of drug-likeness (QED) is 0.366. The maximum Gasteiger partial charge on any atom is 0.273 e. The number of halogens is 2. The number of benzene rings is 2. The molecule has 0 aliphatic heterocycles. The van der Waals surface area contributed by atoms with Crippen LogP contribution in [0.5, 0.6) is 0 Å². The molecule has 0 atom stereocenters. The summed E-state index contributed by atoms with van der Waals surface area (Å²) in [6.45, 7) is 1.98. The molecular formula is C21H23Cl2N3O3. The lowest BCUT2D eigenvalue weighted by atomic mass is 9.94. The summed E-state index contributed by atoms with van der Waals surface area (Å²) in [4.78, 5) is 22.5. The van der Waals surface area contributed by atoms with Crippen LogP contribution < -0.4 is 11.2 Å². The van der Waals surface area contributed by atoms with Crippen molar-refractivity contribution in [3.8, 4) is 0 Å². The first-order chi connectivity index (χ1) is 14.0. The van der Waals surface area contributed by atoms with Gasteiger partial charge in [0.2, 0.25) is 0 Å². The van der Waals surface area contributed by atoms with Gasteiger partial charge in [0.1, 0.15) is 7.11 Å². The van der Waals surface area contributed by atoms with E-state index in [4.69, 9.17) is 38.8 Å². The Morgan fingerprint density at radius 3 is 2.24 bits per heavy atom. The van der Waals surface area contributed by atoms with Crippen LogP contribution in [0.25, 0.3) is 5.76 Å². The molecule has 3 N–H and O–H groups in total. The van der Waals surface area contributed by atoms with Gasteiger partial charge >= 0.3 is 0 Å². The van der Waals surface area contributed by atoms with E-state index in [0.717, 1.165) is 11.1 Å². The zero-order valence-corrected chi connectivity index (χ0v) is 18.0. The molecule has 0 aliphatic rings. The number of hydrogen-bond donors (Lipinski definition) is 2. The van der Waals surface area contributed by atoms with Gasteiger partial charge in [0.05, 0.1) is 0 Å². The number of nitrogens with zero attached hydrogens (tertiary/aromatic N) is 1. The predicted molar refractivity (Wildman–Crippen MR) is 117 cm³/mol. The minimum Gasteiger partial charge on any atom is -0.411 e. The molecule has 0 radical (unpaired) electrons. The number of hydrogen-bond acceptors (Lipinski definition) is 5. The predicted octanol–water partition coefficient (Wildman–Crippen LogP) is 4.34. The maximum atomic E-state index is 12.3. The lowest BCUT2D eigenvalue weighted by Crippen LogP contribution is -2.29. The van der Waals surface area contributed by atoms with E-state index in [1.807, 2.05) is 13.0 Å². The standard InChI is InChI=1S/C21H23Cl2N3O3/c1-4-13(12-16-17(22)10-7-11-18(16)23)20(29-24)15-9-6-5-8-14(15)19(26-28-3)21(27)25-2/h5-11H,4,12,24H2,1-3H3,(H,25,27). The Labute approximate surface area is 180 Å². The highest BCUT2D eigenvalue weighted by molar-refractivity contribution is 6.45. The molecule has 2 aromatic rings. The van der Waals surface area contributed by atoms with Crippen LogP contribution in [0.4, 0.5) is 0 Å². The summed E-state index contributed by atoms with van der Waals surface area (Å²) in [5.74, 6) is 5.69. The second-order valence-corrected chi connectivity index (χ2v) is 6.84. The monoisotopic (exact) mass is 435 g/mol. The van der Waals surface area contributed by atoms with Crippen LogP contribution in [0.3, 0.4) is 0 Å². The Kier molecular flexibility index (Phi) is 8.51. The summed E-state index contributed by atoms with van der Waals surface area (Å²) >= 11 is 12.7. The van der Waals surface area contributed by atoms with Crippen molar-refractivity contribution >= 4 is 40.6 Å². The highest BCUT2D eigenvalue weighted by Crippen LogP contribution is 2.32. The van der Waals surface area contributed by atoms with Crippen LogP contribution in [0.15, 0.2) is 53.2 Å². The fraction of sp³-hybridized carbons (Fsp3) is 0.238. The number of carbonyl (C=O) groups excluding carboxylic acids is 1. The Bertz CT molecular complexity index is 922. The smallest absolute Gasteiger partial charge is 0.273 e. The molecule has 29 heavy (non-hydrogen) atoms. The molecule has 0 heterocycles. The molecule has 0 aromatic heterocycles. The third kappa shape index (κ3) is 5.29. The van der Waals surface area contributed by atoms with Gasteiger partial charge in [0.25, 0.3) is 5.91 Å². The average molecular weight is 436 g/mol. The molecule has 0 aliphatic carbocycles. The van der Waals surface area contributed by atoms with Crippen molar-refractivity contribution in [2.24, 2.45) is 11.1 Å². The van der Waals surface area contributed by atoms with Crippen LogP contribution in [0.2, 0.25) is 10.0 Å². The molecule has 8 heteroatoms. The van der Waals surface area contributed by atoms with E-state index in [9.17, 15) is 4.79 Å². The van der Waals surface area contributed by atoms with Crippen LogP contribution in [0, 0.1) is 0 Å². The number of allylic oxidation sites excluding steroid dienone is 1. The van der Waals surface area contributed by atoms with Crippen molar-refractivity contribution in [3.63, 3.8) is 0 Å². The van der Waals surface area contributed by atoms with Crippen molar-refractivity contribution in [2.45, 2.75) is 19.8 Å². The third-order valence-corrected chi connectivity index (χ3v) is 5.08. The van der Waals surface area contributed by atoms with Crippen molar-refractivity contribution in [2.75, 3.05) is 14.2 Å². The van der Waals surface area contributed by atoms with Gasteiger partial charge in [0.15, 0.2) is 11.5 Å². The van der Waals surface area contributed by atoms with Gasteiger partial charge in [0, 0.05) is 34.6 Å². The molecule has 0 unspecified atom stereocenters. The third-order valence-electron chi connectivity index (χ3n) is 4.37. The number of oxime groups is 1. The van der Waals surface area contributed by atoms with Crippen LogP contribution in [-0.2, 0) is 20.9 Å². The molecule has 0 bridgehead atoms. The maximum absolute atomic E-state index is 12.3. The summed E-state index contributed by atoms with van der Waals surface area (Å²) in [7, 11) is 2.89. The molecule has 6 nitrogen and oxygen atoms in total. The number of rotatable bonds is 8. The van der Waals surface area contributed by atoms with Gasteiger partial charge in [-0.15, -0.1) is 0 Å². The van der Waals surface area contributed by atoms with E-state index in [2.05, 4.69) is 10.5 Å². The Morgan fingerprint density at radius 1 is 1.10 bits per heavy atom. The lowest BCUT2D eigenvalue weighted by molar-refractivity contribution is -0.114. The van der Waals surface area contributed by atoms with Gasteiger partial charge < -0.3 is 15.0 Å². The summed E-state index contributed by atoms with van der Waals surface area (Å²) in [6, 6.07) is 12.5. The molecule has 1 amide bonds. The summed E-state index contributed by atoms with van der Waals surface area (Å²) in [6.07, 6.45) is 1.06. The van der Waals surface area contributed by atoms with E-state index in [1.165, 1.54) is 14.2 Å². The van der Waals surface area contributed by atoms with Crippen LogP contribution >= 0.6 is 23.2 Å². The molecule has 154 valence electrons. The number of carbonyl (C=O) groups is 1. The molecule has 0 saturated heterocycles. The number of likely N-dealkylation sites (N-methyl/N-ethyl adjacent to an activating group) is 1. The Morgan fingerprint density at radius 2 is 1.72 bits per heavy atom. The molecule has 0 saturated carbocycles. The minimum atomic E-state index is -0.400. The highest BCUT2D eigenvalue weighted by Gasteiger charge is 2.22. The Hall–Kier alpha value is -2.54. The molecule has 0 fully saturated rings. The van der Waals surface area contributed by atoms with E-state index in [1.54, 1.807) is 36.4 Å². The van der Waals surface area contributed by atoms with Crippen molar-refractivity contribution in [1.29, 1.82) is 0 Å². The summed E-state index contributed by atoms with van der Waals surface area (Å²) in [5.41, 5.74) is 2.87. The van der Waals surface area contributed by atoms with Crippen molar-refractivity contribution < 1.29 is 14.5 Å². The second kappa shape index (κ2) is 10.9. The Balaban J connectivity index is 2.66. The SMILES string of the molecule is CCC(Cc1c(Cl)cccc1Cl)=C(ON)c1ccccc1C(=NOC)C(=O)NC. The van der Waals surface area contributed by atoms with Crippen molar-refractivity contribution in [3.05, 3.63) is 74.8 Å². The topological polar surface area (TPSA) is 85.9 Å². The van der Waals surface area contributed by atoms with Crippen LogP contribution in [-0.4, -0.2) is 25.8 Å². The molecule has 0 spiro atoms. The van der Waals surface area contributed by atoms with Gasteiger partial charge in [-0.05, 0) is 29.7 Å². The second-order valence-electron chi connectivity index (χ2n) is 6.03. The number of nitrogens with one attached hydrogen (secondary N) is 1. The number of amides is 1. The zero-order chi connectivity index (χ0) is 21.4. The first-order valence-electron chi connectivity index (χ1n) is 8.93. The van der Waals surface area contributed by atoms with E-state index >= 15 is 0 Å². The van der Waals surface area contributed by atoms with Crippen LogP contribution in [0.1, 0.15) is 30.0 Å². The summed E-state index contributed by atoms with van der Waals surface area (Å²) in [5, 5.41) is 7.55. The van der Waals surface area contributed by atoms with Crippen molar-refractivity contribution in [1.82, 2.24) is 5.32 Å². The largest absolute Gasteiger partial charge is 0.411 e. The summed E-state index contributed by atoms with van der Waals surface area (Å²) < 4.78 is 0. The van der Waals surface area contributed by atoms with Gasteiger partial charge in [-0.25, -0.2) is 0 Å². The normalized spacial score (nSPS) is 12.3. The minimum absolute atomic E-state index is 0.103. The van der Waals surface area contributed by atoms with Gasteiger partial charge in [-0.1, -0.05) is 65.6 Å². The molecule has 2 rings (SSSR count). The molecular weight excluding hydrogens is 413 g/mol. The van der Waals surface area contributed by atoms with E-state index in [0.29, 0.717) is 39.8 Å². The van der Waals surface area contributed by atoms with E-state index in [-0.39, 0.29) is 5.71 Å². The molecule has 2 aromatic carbocycles. The highest BCUT2D eigenvalue weighted by atomic mass is 35.5. The first kappa shape index (κ1) is 22.7. The fourth-order valence-electron chi connectivity index (χ4n) is 2.93. The first-order valence-corrected chi connectivity index (χ1v) is 9.68. The number of nitrogens with two attached hydrogens (primary N) is 1. The average Bonchev–Trinajstić information content (AvgIpc) is 2.73. The zero-order valence-electron chi connectivity index (χ0n) is 16.5.